The van der Waals surface area contributed by atoms with Crippen molar-refractivity contribution >= 4 is 40.9 Å². The Morgan fingerprint density at radius 3 is 2.64 bits per heavy atom. The predicted molar refractivity (Wildman–Crippen MR) is 96.2 cm³/mol. The maximum absolute atomic E-state index is 12.2. The lowest BCUT2D eigenvalue weighted by Gasteiger charge is -2.25. The first kappa shape index (κ1) is 19.5. The molecule has 0 aromatic heterocycles. The lowest BCUT2D eigenvalue weighted by atomic mass is 10.2. The molecule has 2 unspecified atom stereocenters. The van der Waals surface area contributed by atoms with Gasteiger partial charge in [0, 0.05) is 66.1 Å². The molecule has 1 aromatic carbocycles. The normalized spacial score (nSPS) is 19.1. The van der Waals surface area contributed by atoms with Gasteiger partial charge in [-0.1, -0.05) is 12.1 Å². The van der Waals surface area contributed by atoms with Gasteiger partial charge in [-0.05, 0) is 17.7 Å². The number of nitrogens with one attached hydrogen (secondary N) is 1. The molecular weight excluding hydrogens is 340 g/mol. The molecule has 4 nitrogen and oxygen atoms in total. The summed E-state index contributed by atoms with van der Waals surface area (Å²) in [7, 11) is 0.883. The standard InChI is InChI=1S/C15H22N2O2S2.ClH/c1-17(15(18)9-13-11-20-8-7-16-13)10-12-3-5-14(6-4-12)21(2)19;/h3-6,13,16H,7-11H2,1-2H3;1H. The van der Waals surface area contributed by atoms with Crippen molar-refractivity contribution in [2.75, 3.05) is 31.4 Å². The summed E-state index contributed by atoms with van der Waals surface area (Å²) in [6, 6.07) is 7.90. The van der Waals surface area contributed by atoms with E-state index in [-0.39, 0.29) is 18.3 Å². The first-order valence-electron chi connectivity index (χ1n) is 7.03. The predicted octanol–water partition coefficient (Wildman–Crippen LogP) is 1.90. The van der Waals surface area contributed by atoms with Crippen LogP contribution in [0.1, 0.15) is 12.0 Å². The van der Waals surface area contributed by atoms with E-state index in [1.165, 1.54) is 0 Å². The van der Waals surface area contributed by atoms with Crippen molar-refractivity contribution in [3.8, 4) is 0 Å². The third-order valence-corrected chi connectivity index (χ3v) is 5.59. The van der Waals surface area contributed by atoms with Gasteiger partial charge in [0.2, 0.25) is 5.91 Å². The van der Waals surface area contributed by atoms with Gasteiger partial charge in [0.15, 0.2) is 0 Å². The zero-order chi connectivity index (χ0) is 15.2. The number of nitrogens with zero attached hydrogens (tertiary/aromatic N) is 1. The number of carbonyl (C=O) groups is 1. The molecule has 0 aliphatic carbocycles. The fraction of sp³-hybridized carbons (Fsp3) is 0.533. The number of benzene rings is 1. The van der Waals surface area contributed by atoms with Gasteiger partial charge in [0.05, 0.1) is 0 Å². The van der Waals surface area contributed by atoms with Crippen molar-refractivity contribution < 1.29 is 9.00 Å². The Balaban J connectivity index is 0.00000242. The van der Waals surface area contributed by atoms with Gasteiger partial charge < -0.3 is 10.2 Å². The molecular formula is C15H23ClN2O2S2. The fourth-order valence-corrected chi connectivity index (χ4v) is 3.73. The van der Waals surface area contributed by atoms with E-state index in [0.717, 1.165) is 28.5 Å². The average Bonchev–Trinajstić information content (AvgIpc) is 2.48. The maximum Gasteiger partial charge on any atom is 0.224 e. The smallest absolute Gasteiger partial charge is 0.224 e. The summed E-state index contributed by atoms with van der Waals surface area (Å²) in [5, 5.41) is 3.39. The Bertz CT molecular complexity index is 505. The number of rotatable bonds is 5. The second-order valence-corrected chi connectivity index (χ2v) is 7.81. The summed E-state index contributed by atoms with van der Waals surface area (Å²) in [4.78, 5) is 14.8. The minimum Gasteiger partial charge on any atom is -0.341 e. The molecule has 0 bridgehead atoms. The highest BCUT2D eigenvalue weighted by molar-refractivity contribution is 7.99. The molecule has 1 aliphatic rings. The third kappa shape index (κ3) is 5.91. The van der Waals surface area contributed by atoms with Gasteiger partial charge in [-0.25, -0.2) is 0 Å². The van der Waals surface area contributed by atoms with Crippen LogP contribution in [0.5, 0.6) is 0 Å². The van der Waals surface area contributed by atoms with Gasteiger partial charge in [0.25, 0.3) is 0 Å². The summed E-state index contributed by atoms with van der Waals surface area (Å²) in [5.41, 5.74) is 1.06. The van der Waals surface area contributed by atoms with Crippen molar-refractivity contribution in [1.29, 1.82) is 0 Å². The highest BCUT2D eigenvalue weighted by Crippen LogP contribution is 2.13. The monoisotopic (exact) mass is 362 g/mol. The van der Waals surface area contributed by atoms with E-state index in [1.807, 2.05) is 43.1 Å². The Morgan fingerprint density at radius 2 is 2.09 bits per heavy atom. The van der Waals surface area contributed by atoms with E-state index in [2.05, 4.69) is 5.32 Å². The lowest BCUT2D eigenvalue weighted by Crippen LogP contribution is -2.41. The van der Waals surface area contributed by atoms with Crippen molar-refractivity contribution in [2.45, 2.75) is 23.9 Å². The van der Waals surface area contributed by atoms with Crippen LogP contribution in [0.3, 0.4) is 0 Å². The SMILES string of the molecule is CN(Cc1ccc(S(C)=O)cc1)C(=O)CC1CSCCN1.Cl. The molecule has 1 fully saturated rings. The van der Waals surface area contributed by atoms with Gasteiger partial charge in [-0.15, -0.1) is 12.4 Å². The van der Waals surface area contributed by atoms with Crippen LogP contribution in [-0.4, -0.2) is 52.4 Å². The molecule has 124 valence electrons. The quantitative estimate of drug-likeness (QED) is 0.869. The number of thioether (sulfide) groups is 1. The van der Waals surface area contributed by atoms with E-state index in [1.54, 1.807) is 11.2 Å². The Labute approximate surface area is 145 Å². The third-order valence-electron chi connectivity index (χ3n) is 3.52. The zero-order valence-corrected chi connectivity index (χ0v) is 15.4. The number of halogens is 1. The molecule has 2 atom stereocenters. The van der Waals surface area contributed by atoms with Crippen LogP contribution in [0.25, 0.3) is 0 Å². The average molecular weight is 363 g/mol. The molecule has 1 amide bonds. The first-order chi connectivity index (χ1) is 10.1. The van der Waals surface area contributed by atoms with Crippen molar-refractivity contribution in [1.82, 2.24) is 10.2 Å². The highest BCUT2D eigenvalue weighted by atomic mass is 35.5. The Kier molecular flexibility index (Phi) is 8.46. The van der Waals surface area contributed by atoms with Crippen LogP contribution in [-0.2, 0) is 22.1 Å². The molecule has 22 heavy (non-hydrogen) atoms. The van der Waals surface area contributed by atoms with Gasteiger partial charge >= 0.3 is 0 Å². The molecule has 1 saturated heterocycles. The molecule has 2 rings (SSSR count). The Morgan fingerprint density at radius 1 is 1.41 bits per heavy atom. The molecule has 1 aromatic rings. The summed E-state index contributed by atoms with van der Waals surface area (Å²) in [5.74, 6) is 2.31. The second kappa shape index (κ2) is 9.55. The van der Waals surface area contributed by atoms with Crippen molar-refractivity contribution in [3.63, 3.8) is 0 Å². The van der Waals surface area contributed by atoms with Crippen LogP contribution < -0.4 is 5.32 Å². The van der Waals surface area contributed by atoms with Crippen LogP contribution in [0.4, 0.5) is 0 Å². The molecule has 1 aliphatic heterocycles. The number of hydrogen-bond acceptors (Lipinski definition) is 4. The minimum absolute atomic E-state index is 0. The number of amides is 1. The summed E-state index contributed by atoms with van der Waals surface area (Å²) in [6.45, 7) is 1.58. The van der Waals surface area contributed by atoms with E-state index in [4.69, 9.17) is 0 Å². The van der Waals surface area contributed by atoms with E-state index < -0.39 is 10.8 Å². The van der Waals surface area contributed by atoms with Crippen LogP contribution >= 0.6 is 24.2 Å². The number of hydrogen-bond donors (Lipinski definition) is 1. The van der Waals surface area contributed by atoms with Gasteiger partial charge in [-0.2, -0.15) is 11.8 Å². The van der Waals surface area contributed by atoms with Crippen molar-refractivity contribution in [3.05, 3.63) is 29.8 Å². The molecule has 1 heterocycles. The number of carbonyl (C=O) groups excluding carboxylic acids is 1. The van der Waals surface area contributed by atoms with Crippen LogP contribution in [0, 0.1) is 0 Å². The molecule has 7 heteroatoms. The molecule has 0 saturated carbocycles. The molecule has 1 N–H and O–H groups in total. The van der Waals surface area contributed by atoms with Crippen LogP contribution in [0.15, 0.2) is 29.2 Å². The largest absolute Gasteiger partial charge is 0.341 e. The molecule has 0 spiro atoms. The highest BCUT2D eigenvalue weighted by Gasteiger charge is 2.19. The fourth-order valence-electron chi connectivity index (χ4n) is 2.27. The van der Waals surface area contributed by atoms with E-state index >= 15 is 0 Å². The van der Waals surface area contributed by atoms with E-state index in [9.17, 15) is 9.00 Å². The van der Waals surface area contributed by atoms with E-state index in [0.29, 0.717) is 19.0 Å². The first-order valence-corrected chi connectivity index (χ1v) is 9.75. The summed E-state index contributed by atoms with van der Waals surface area (Å²) < 4.78 is 11.3. The Hall–Kier alpha value is -0.560. The topological polar surface area (TPSA) is 49.4 Å². The maximum atomic E-state index is 12.2. The van der Waals surface area contributed by atoms with Gasteiger partial charge in [0.1, 0.15) is 0 Å². The van der Waals surface area contributed by atoms with Gasteiger partial charge in [-0.3, -0.25) is 9.00 Å². The zero-order valence-electron chi connectivity index (χ0n) is 12.9. The molecule has 0 radical (unpaired) electrons. The summed E-state index contributed by atoms with van der Waals surface area (Å²) in [6.07, 6.45) is 2.22. The van der Waals surface area contributed by atoms with Crippen LogP contribution in [0.2, 0.25) is 0 Å². The van der Waals surface area contributed by atoms with Crippen molar-refractivity contribution in [2.24, 2.45) is 0 Å². The minimum atomic E-state index is -0.955. The lowest BCUT2D eigenvalue weighted by molar-refractivity contribution is -0.130. The second-order valence-electron chi connectivity index (χ2n) is 5.28. The summed E-state index contributed by atoms with van der Waals surface area (Å²) >= 11 is 1.90.